The molecule has 2 rings (SSSR count). The van der Waals surface area contributed by atoms with Crippen molar-refractivity contribution in [1.29, 1.82) is 0 Å². The van der Waals surface area contributed by atoms with Crippen molar-refractivity contribution in [3.8, 4) is 0 Å². The van der Waals surface area contributed by atoms with E-state index in [0.717, 1.165) is 12.1 Å². The Bertz CT molecular complexity index is 523. The van der Waals surface area contributed by atoms with Crippen LogP contribution in [0.15, 0.2) is 15.7 Å². The average Bonchev–Trinajstić information content (AvgIpc) is 3.13. The summed E-state index contributed by atoms with van der Waals surface area (Å²) < 4.78 is 31.8. The summed E-state index contributed by atoms with van der Waals surface area (Å²) in [6.45, 7) is 3.86. The molecule has 5 nitrogen and oxygen atoms in total. The minimum absolute atomic E-state index is 0.392. The first kappa shape index (κ1) is 15.9. The Hall–Kier alpha value is -0.470. The van der Waals surface area contributed by atoms with Gasteiger partial charge in [0.25, 0.3) is 10.0 Å². The molecule has 0 aliphatic heterocycles. The SMILES string of the molecule is CCN(CCOC)S(=O)(=O)c1cc(CNC2CC2)cs1. The Morgan fingerprint density at radius 2 is 2.25 bits per heavy atom. The van der Waals surface area contributed by atoms with Crippen LogP contribution in [0, 0.1) is 0 Å². The Morgan fingerprint density at radius 3 is 2.85 bits per heavy atom. The molecule has 0 radical (unpaired) electrons. The zero-order valence-electron chi connectivity index (χ0n) is 12.0. The zero-order chi connectivity index (χ0) is 14.6. The standard InChI is InChI=1S/C13H22N2O3S2/c1-3-15(6-7-18-2)20(16,17)13-8-11(10-19-13)9-14-12-4-5-12/h8,10,12,14H,3-7,9H2,1-2H3. The van der Waals surface area contributed by atoms with Gasteiger partial charge in [-0.3, -0.25) is 0 Å². The van der Waals surface area contributed by atoms with E-state index >= 15 is 0 Å². The lowest BCUT2D eigenvalue weighted by Crippen LogP contribution is -2.33. The Kier molecular flexibility index (Phi) is 5.57. The Balaban J connectivity index is 2.03. The number of hydrogen-bond donors (Lipinski definition) is 1. The number of ether oxygens (including phenoxy) is 1. The maximum atomic E-state index is 12.5. The predicted octanol–water partition coefficient (Wildman–Crippen LogP) is 1.66. The fourth-order valence-corrected chi connectivity index (χ4v) is 4.69. The fraction of sp³-hybridized carbons (Fsp3) is 0.692. The van der Waals surface area contributed by atoms with Gasteiger partial charge in [0.2, 0.25) is 0 Å². The quantitative estimate of drug-likeness (QED) is 0.752. The first-order chi connectivity index (χ1) is 9.57. The molecule has 1 aromatic heterocycles. The highest BCUT2D eigenvalue weighted by atomic mass is 32.2. The van der Waals surface area contributed by atoms with Crippen molar-refractivity contribution in [2.75, 3.05) is 26.8 Å². The van der Waals surface area contributed by atoms with E-state index in [0.29, 0.717) is 29.9 Å². The second-order valence-electron chi connectivity index (χ2n) is 4.92. The van der Waals surface area contributed by atoms with Crippen LogP contribution in [0.25, 0.3) is 0 Å². The molecule has 1 N–H and O–H groups in total. The number of methoxy groups -OCH3 is 1. The Morgan fingerprint density at radius 1 is 1.50 bits per heavy atom. The van der Waals surface area contributed by atoms with Crippen molar-refractivity contribution in [3.63, 3.8) is 0 Å². The highest BCUT2D eigenvalue weighted by Crippen LogP contribution is 2.25. The summed E-state index contributed by atoms with van der Waals surface area (Å²) in [5.74, 6) is 0. The van der Waals surface area contributed by atoms with Crippen molar-refractivity contribution in [2.24, 2.45) is 0 Å². The van der Waals surface area contributed by atoms with Gasteiger partial charge in [-0.05, 0) is 29.9 Å². The second-order valence-corrected chi connectivity index (χ2v) is 7.99. The molecule has 1 aliphatic rings. The van der Waals surface area contributed by atoms with Gasteiger partial charge in [0.05, 0.1) is 6.61 Å². The lowest BCUT2D eigenvalue weighted by Gasteiger charge is -2.18. The van der Waals surface area contributed by atoms with Gasteiger partial charge < -0.3 is 10.1 Å². The lowest BCUT2D eigenvalue weighted by molar-refractivity contribution is 0.180. The number of nitrogens with one attached hydrogen (secondary N) is 1. The zero-order valence-corrected chi connectivity index (χ0v) is 13.6. The van der Waals surface area contributed by atoms with Crippen LogP contribution in [0.5, 0.6) is 0 Å². The molecule has 0 aromatic carbocycles. The molecule has 114 valence electrons. The average molecular weight is 318 g/mol. The van der Waals surface area contributed by atoms with Gasteiger partial charge >= 0.3 is 0 Å². The molecule has 1 heterocycles. The molecule has 0 bridgehead atoms. The molecule has 0 saturated heterocycles. The number of thiophene rings is 1. The smallest absolute Gasteiger partial charge is 0.252 e. The number of sulfonamides is 1. The number of nitrogens with zero attached hydrogens (tertiary/aromatic N) is 1. The van der Waals surface area contributed by atoms with Gasteiger partial charge in [-0.1, -0.05) is 6.92 Å². The van der Waals surface area contributed by atoms with Gasteiger partial charge in [0, 0.05) is 32.8 Å². The first-order valence-corrected chi connectivity index (χ1v) is 9.19. The summed E-state index contributed by atoms with van der Waals surface area (Å²) in [4.78, 5) is 0. The first-order valence-electron chi connectivity index (χ1n) is 6.87. The van der Waals surface area contributed by atoms with Crippen LogP contribution < -0.4 is 5.32 Å². The summed E-state index contributed by atoms with van der Waals surface area (Å²) in [7, 11) is -1.80. The molecule has 1 aliphatic carbocycles. The monoisotopic (exact) mass is 318 g/mol. The van der Waals surface area contributed by atoms with Gasteiger partial charge in [-0.15, -0.1) is 11.3 Å². The lowest BCUT2D eigenvalue weighted by atomic mass is 10.3. The van der Waals surface area contributed by atoms with E-state index in [1.54, 1.807) is 13.2 Å². The summed E-state index contributed by atoms with van der Waals surface area (Å²) in [5.41, 5.74) is 1.04. The van der Waals surface area contributed by atoms with Gasteiger partial charge in [0.1, 0.15) is 4.21 Å². The third kappa shape index (κ3) is 4.02. The normalized spacial score (nSPS) is 15.9. The molecular weight excluding hydrogens is 296 g/mol. The summed E-state index contributed by atoms with van der Waals surface area (Å²) in [5, 5.41) is 5.32. The number of likely N-dealkylation sites (N-methyl/N-ethyl adjacent to an activating group) is 1. The molecule has 0 atom stereocenters. The van der Waals surface area contributed by atoms with Crippen molar-refractivity contribution in [1.82, 2.24) is 9.62 Å². The largest absolute Gasteiger partial charge is 0.383 e. The molecule has 1 fully saturated rings. The minimum atomic E-state index is -3.38. The number of hydrogen-bond acceptors (Lipinski definition) is 5. The van der Waals surface area contributed by atoms with Crippen molar-refractivity contribution >= 4 is 21.4 Å². The van der Waals surface area contributed by atoms with Crippen LogP contribution in [-0.2, 0) is 21.3 Å². The second kappa shape index (κ2) is 7.00. The fourth-order valence-electron chi connectivity index (χ4n) is 1.90. The van der Waals surface area contributed by atoms with Crippen LogP contribution in [0.3, 0.4) is 0 Å². The van der Waals surface area contributed by atoms with Gasteiger partial charge in [-0.25, -0.2) is 8.42 Å². The molecule has 0 spiro atoms. The third-order valence-electron chi connectivity index (χ3n) is 3.29. The van der Waals surface area contributed by atoms with Crippen LogP contribution in [0.1, 0.15) is 25.3 Å². The molecular formula is C13H22N2O3S2. The maximum Gasteiger partial charge on any atom is 0.252 e. The summed E-state index contributed by atoms with van der Waals surface area (Å²) in [6, 6.07) is 2.41. The highest BCUT2D eigenvalue weighted by Gasteiger charge is 2.25. The van der Waals surface area contributed by atoms with Crippen LogP contribution in [0.4, 0.5) is 0 Å². The van der Waals surface area contributed by atoms with Crippen molar-refractivity contribution in [3.05, 3.63) is 17.0 Å². The molecule has 0 amide bonds. The molecule has 20 heavy (non-hydrogen) atoms. The maximum absolute atomic E-state index is 12.5. The minimum Gasteiger partial charge on any atom is -0.383 e. The van der Waals surface area contributed by atoms with E-state index in [9.17, 15) is 8.42 Å². The van der Waals surface area contributed by atoms with Crippen LogP contribution in [0.2, 0.25) is 0 Å². The summed E-state index contributed by atoms with van der Waals surface area (Å²) >= 11 is 1.30. The topological polar surface area (TPSA) is 58.6 Å². The van der Waals surface area contributed by atoms with E-state index in [1.165, 1.54) is 28.5 Å². The number of rotatable bonds is 9. The van der Waals surface area contributed by atoms with Crippen molar-refractivity contribution < 1.29 is 13.2 Å². The van der Waals surface area contributed by atoms with Gasteiger partial charge in [0.15, 0.2) is 0 Å². The van der Waals surface area contributed by atoms with E-state index in [1.807, 2.05) is 12.3 Å². The van der Waals surface area contributed by atoms with E-state index in [-0.39, 0.29) is 0 Å². The molecule has 0 unspecified atom stereocenters. The molecule has 1 aromatic rings. The highest BCUT2D eigenvalue weighted by molar-refractivity contribution is 7.91. The van der Waals surface area contributed by atoms with E-state index in [2.05, 4.69) is 5.32 Å². The van der Waals surface area contributed by atoms with E-state index < -0.39 is 10.0 Å². The predicted molar refractivity (Wildman–Crippen MR) is 80.5 cm³/mol. The molecule has 1 saturated carbocycles. The van der Waals surface area contributed by atoms with E-state index in [4.69, 9.17) is 4.74 Å². The van der Waals surface area contributed by atoms with Crippen molar-refractivity contribution in [2.45, 2.75) is 36.6 Å². The molecule has 7 heteroatoms. The van der Waals surface area contributed by atoms with Crippen LogP contribution in [-0.4, -0.2) is 45.6 Å². The Labute approximate surface area is 125 Å². The van der Waals surface area contributed by atoms with Gasteiger partial charge in [-0.2, -0.15) is 4.31 Å². The summed E-state index contributed by atoms with van der Waals surface area (Å²) in [6.07, 6.45) is 2.46. The van der Waals surface area contributed by atoms with Crippen LogP contribution >= 0.6 is 11.3 Å². The third-order valence-corrected chi connectivity index (χ3v) is 6.73.